The van der Waals surface area contributed by atoms with E-state index >= 15 is 0 Å². The molecule has 11 heteroatoms. The van der Waals surface area contributed by atoms with E-state index in [1.165, 1.54) is 11.0 Å². The molecule has 4 amide bonds. The quantitative estimate of drug-likeness (QED) is 0.220. The topological polar surface area (TPSA) is 157 Å². The number of nitrogens with zero attached hydrogens (tertiary/aromatic N) is 1. The van der Waals surface area contributed by atoms with Crippen LogP contribution in [0.25, 0.3) is 0 Å². The number of hydrogen-bond donors (Lipinski definition) is 3. The van der Waals surface area contributed by atoms with E-state index in [1.807, 2.05) is 36.4 Å². The molecule has 0 bridgehead atoms. The number of benzene rings is 2. The molecule has 3 atom stereocenters. The second kappa shape index (κ2) is 16.1. The summed E-state index contributed by atoms with van der Waals surface area (Å²) in [6.07, 6.45) is 0.0598. The van der Waals surface area contributed by atoms with Crippen LogP contribution in [0.5, 0.6) is 0 Å². The molecule has 0 fully saturated rings. The van der Waals surface area contributed by atoms with E-state index in [0.29, 0.717) is 16.7 Å². The van der Waals surface area contributed by atoms with Gasteiger partial charge in [-0.1, -0.05) is 54.6 Å². The van der Waals surface area contributed by atoms with E-state index in [0.717, 1.165) is 5.56 Å². The smallest absolute Gasteiger partial charge is 0.408 e. The van der Waals surface area contributed by atoms with Gasteiger partial charge >= 0.3 is 12.1 Å². The minimum absolute atomic E-state index is 0.126. The third-order valence-electron chi connectivity index (χ3n) is 6.67. The first-order chi connectivity index (χ1) is 21.3. The van der Waals surface area contributed by atoms with Crippen LogP contribution >= 0.6 is 0 Å². The van der Waals surface area contributed by atoms with Crippen LogP contribution in [-0.2, 0) is 35.1 Å². The number of hydrogen-bond acceptors (Lipinski definition) is 7. The zero-order chi connectivity index (χ0) is 34.8. The molecule has 2 aromatic rings. The lowest BCUT2D eigenvalue weighted by Gasteiger charge is -2.35. The number of aryl methyl sites for hydroxylation is 2. The Morgan fingerprint density at radius 3 is 1.91 bits per heavy atom. The summed E-state index contributed by atoms with van der Waals surface area (Å²) < 4.78 is 11.0. The normalized spacial score (nSPS) is 13.4. The highest BCUT2D eigenvalue weighted by atomic mass is 16.6. The maximum absolute atomic E-state index is 14.4. The summed E-state index contributed by atoms with van der Waals surface area (Å²) >= 11 is 0. The van der Waals surface area contributed by atoms with E-state index < -0.39 is 65.5 Å². The van der Waals surface area contributed by atoms with Crippen molar-refractivity contribution in [3.63, 3.8) is 0 Å². The largest absolute Gasteiger partial charge is 0.458 e. The van der Waals surface area contributed by atoms with Crippen molar-refractivity contribution < 1.29 is 33.4 Å². The van der Waals surface area contributed by atoms with Crippen LogP contribution in [0.2, 0.25) is 0 Å². The molecular formula is C35H48N4O7. The van der Waals surface area contributed by atoms with Crippen LogP contribution in [0.1, 0.15) is 76.3 Å². The third kappa shape index (κ3) is 11.7. The molecule has 2 rings (SSSR count). The van der Waals surface area contributed by atoms with Gasteiger partial charge in [0.25, 0.3) is 0 Å². The predicted molar refractivity (Wildman–Crippen MR) is 175 cm³/mol. The van der Waals surface area contributed by atoms with E-state index in [9.17, 15) is 24.0 Å². The summed E-state index contributed by atoms with van der Waals surface area (Å²) in [5, 5.41) is 5.28. The molecule has 0 aliphatic rings. The Bertz CT molecular complexity index is 1390. The molecular weight excluding hydrogens is 588 g/mol. The van der Waals surface area contributed by atoms with Gasteiger partial charge in [0.1, 0.15) is 29.3 Å². The summed E-state index contributed by atoms with van der Waals surface area (Å²) in [5.41, 5.74) is 6.44. The summed E-state index contributed by atoms with van der Waals surface area (Å²) in [6, 6.07) is 10.7. The Hall–Kier alpha value is -4.67. The number of carbonyl (C=O) groups is 5. The second-order valence-corrected chi connectivity index (χ2v) is 13.1. The van der Waals surface area contributed by atoms with Crippen molar-refractivity contribution in [3.8, 4) is 0 Å². The molecule has 3 unspecified atom stereocenters. The Kier molecular flexibility index (Phi) is 13.1. The van der Waals surface area contributed by atoms with E-state index in [1.54, 1.807) is 67.5 Å². The summed E-state index contributed by atoms with van der Waals surface area (Å²) in [4.78, 5) is 68.1. The number of rotatable bonds is 13. The second-order valence-electron chi connectivity index (χ2n) is 13.1. The number of nitrogens with two attached hydrogens (primary N) is 1. The molecule has 0 aliphatic carbocycles. The molecule has 0 aromatic heterocycles. The lowest BCUT2D eigenvalue weighted by Crippen LogP contribution is -2.56. The number of primary amides is 1. The van der Waals surface area contributed by atoms with E-state index in [4.69, 9.17) is 15.2 Å². The first kappa shape index (κ1) is 37.5. The highest BCUT2D eigenvalue weighted by Crippen LogP contribution is 2.29. The molecule has 4 N–H and O–H groups in total. The van der Waals surface area contributed by atoms with Gasteiger partial charge in [0, 0.05) is 13.0 Å². The maximum Gasteiger partial charge on any atom is 0.408 e. The standard InChI is InChI=1S/C35H48N4O7/c1-10-19-39(31(42)25(21-27(36)40)38-33(44)46-35(7,8)9)29(28-22(2)15-14-16-23(28)3)30(41)37-26(32(43)45-34(4,5)6)20-24-17-12-11-13-18-24/h10-18,25-26,29H,1,19-21H2,2-9H3,(H2,36,40)(H,37,41)(H,38,44). The molecule has 0 aliphatic heterocycles. The summed E-state index contributed by atoms with van der Waals surface area (Å²) in [7, 11) is 0. The lowest BCUT2D eigenvalue weighted by atomic mass is 9.93. The van der Waals surface area contributed by atoms with Crippen LogP contribution in [0.15, 0.2) is 61.2 Å². The number of carbonyl (C=O) groups excluding carboxylic acids is 5. The Morgan fingerprint density at radius 2 is 1.41 bits per heavy atom. The SMILES string of the molecule is C=CCN(C(=O)C(CC(N)=O)NC(=O)OC(C)(C)C)C(C(=O)NC(Cc1ccccc1)C(=O)OC(C)(C)C)c1c(C)cccc1C. The predicted octanol–water partition coefficient (Wildman–Crippen LogP) is 4.20. The van der Waals surface area contributed by atoms with Crippen LogP contribution in [0.3, 0.4) is 0 Å². The average Bonchev–Trinajstić information content (AvgIpc) is 2.91. The molecule has 0 heterocycles. The molecule has 250 valence electrons. The van der Waals surface area contributed by atoms with Crippen molar-refractivity contribution in [1.82, 2.24) is 15.5 Å². The third-order valence-corrected chi connectivity index (χ3v) is 6.67. The molecule has 0 saturated carbocycles. The van der Waals surface area contributed by atoms with Crippen LogP contribution in [0, 0.1) is 13.8 Å². The minimum atomic E-state index is -1.46. The van der Waals surface area contributed by atoms with Crippen molar-refractivity contribution in [3.05, 3.63) is 83.4 Å². The van der Waals surface area contributed by atoms with Gasteiger partial charge in [-0.05, 0) is 77.6 Å². The fourth-order valence-electron chi connectivity index (χ4n) is 4.87. The van der Waals surface area contributed by atoms with Gasteiger partial charge in [0.2, 0.25) is 17.7 Å². The molecule has 46 heavy (non-hydrogen) atoms. The number of amides is 4. The van der Waals surface area contributed by atoms with Crippen molar-refractivity contribution in [1.29, 1.82) is 0 Å². The molecule has 0 spiro atoms. The first-order valence-corrected chi connectivity index (χ1v) is 15.2. The van der Waals surface area contributed by atoms with Gasteiger partial charge < -0.3 is 30.7 Å². The molecule has 0 radical (unpaired) electrons. The van der Waals surface area contributed by atoms with Crippen LogP contribution in [0.4, 0.5) is 4.79 Å². The highest BCUT2D eigenvalue weighted by Gasteiger charge is 2.39. The minimum Gasteiger partial charge on any atom is -0.458 e. The zero-order valence-corrected chi connectivity index (χ0v) is 28.1. The average molecular weight is 637 g/mol. The van der Waals surface area contributed by atoms with Crippen molar-refractivity contribution >= 4 is 29.8 Å². The fraction of sp³-hybridized carbons (Fsp3) is 0.457. The van der Waals surface area contributed by atoms with E-state index in [-0.39, 0.29) is 13.0 Å². The number of ether oxygens (including phenoxy) is 2. The van der Waals surface area contributed by atoms with Gasteiger partial charge in [0.05, 0.1) is 6.42 Å². The first-order valence-electron chi connectivity index (χ1n) is 15.2. The van der Waals surface area contributed by atoms with Gasteiger partial charge in [-0.15, -0.1) is 6.58 Å². The molecule has 11 nitrogen and oxygen atoms in total. The lowest BCUT2D eigenvalue weighted by molar-refractivity contribution is -0.159. The molecule has 0 saturated heterocycles. The van der Waals surface area contributed by atoms with Crippen molar-refractivity contribution in [2.45, 2.75) is 97.6 Å². The molecule has 2 aromatic carbocycles. The highest BCUT2D eigenvalue weighted by molar-refractivity contribution is 5.96. The summed E-state index contributed by atoms with van der Waals surface area (Å²) in [5.74, 6) is -2.95. The Balaban J connectivity index is 2.66. The fourth-order valence-corrected chi connectivity index (χ4v) is 4.87. The van der Waals surface area contributed by atoms with E-state index in [2.05, 4.69) is 17.2 Å². The van der Waals surface area contributed by atoms with Gasteiger partial charge in [-0.3, -0.25) is 14.4 Å². The Morgan fingerprint density at radius 1 is 0.848 bits per heavy atom. The maximum atomic E-state index is 14.4. The van der Waals surface area contributed by atoms with Crippen molar-refractivity contribution in [2.24, 2.45) is 5.73 Å². The summed E-state index contributed by atoms with van der Waals surface area (Å²) in [6.45, 7) is 17.4. The van der Waals surface area contributed by atoms with Gasteiger partial charge in [-0.2, -0.15) is 0 Å². The number of alkyl carbamates (subject to hydrolysis) is 1. The number of esters is 1. The zero-order valence-electron chi connectivity index (χ0n) is 28.1. The van der Waals surface area contributed by atoms with Crippen molar-refractivity contribution in [2.75, 3.05) is 6.54 Å². The van der Waals surface area contributed by atoms with Crippen LogP contribution < -0.4 is 16.4 Å². The number of nitrogens with one attached hydrogen (secondary N) is 2. The van der Waals surface area contributed by atoms with Gasteiger partial charge in [0.15, 0.2) is 0 Å². The van der Waals surface area contributed by atoms with Gasteiger partial charge in [-0.25, -0.2) is 9.59 Å². The Labute approximate surface area is 271 Å². The van der Waals surface area contributed by atoms with Crippen LogP contribution in [-0.4, -0.2) is 64.5 Å². The monoisotopic (exact) mass is 636 g/mol.